The van der Waals surface area contributed by atoms with E-state index in [4.69, 9.17) is 27.9 Å². The van der Waals surface area contributed by atoms with E-state index in [1.165, 1.54) is 6.92 Å². The molecule has 0 N–H and O–H groups in total. The molecule has 1 heterocycles. The average Bonchev–Trinajstić information content (AvgIpc) is 2.61. The molecule has 0 atom stereocenters. The number of carbonyl (C=O) groups excluding carboxylic acids is 1. The molecule has 6 heteroatoms. The molecule has 0 aliphatic carbocycles. The molecule has 0 aliphatic heterocycles. The van der Waals surface area contributed by atoms with Crippen molar-refractivity contribution in [2.45, 2.75) is 27.3 Å². The Balaban J connectivity index is 2.29. The molecule has 0 radical (unpaired) electrons. The van der Waals surface area contributed by atoms with Crippen LogP contribution in [0.2, 0.25) is 10.2 Å². The van der Waals surface area contributed by atoms with Gasteiger partial charge in [0.05, 0.1) is 6.54 Å². The Bertz CT molecular complexity index is 665. The zero-order valence-electron chi connectivity index (χ0n) is 11.4. The number of aryl methyl sites for hydroxylation is 2. The summed E-state index contributed by atoms with van der Waals surface area (Å²) >= 11 is 12.3. The van der Waals surface area contributed by atoms with Gasteiger partial charge in [0.15, 0.2) is 10.9 Å². The third-order valence-corrected chi connectivity index (χ3v) is 3.60. The molecule has 4 nitrogen and oxygen atoms in total. The van der Waals surface area contributed by atoms with E-state index in [0.29, 0.717) is 28.2 Å². The minimum Gasteiger partial charge on any atom is -0.421 e. The van der Waals surface area contributed by atoms with Crippen molar-refractivity contribution in [3.8, 4) is 5.75 Å². The Morgan fingerprint density at radius 1 is 1.35 bits per heavy atom. The van der Waals surface area contributed by atoms with Crippen molar-refractivity contribution >= 4 is 29.2 Å². The number of rotatable bonds is 3. The molecule has 0 saturated carbocycles. The van der Waals surface area contributed by atoms with Gasteiger partial charge >= 0.3 is 5.97 Å². The second-order valence-electron chi connectivity index (χ2n) is 4.54. The van der Waals surface area contributed by atoms with Gasteiger partial charge in [-0.3, -0.25) is 4.79 Å². The lowest BCUT2D eigenvalue weighted by molar-refractivity contribution is -0.131. The zero-order valence-corrected chi connectivity index (χ0v) is 12.9. The first-order chi connectivity index (χ1) is 9.38. The molecule has 20 heavy (non-hydrogen) atoms. The van der Waals surface area contributed by atoms with Gasteiger partial charge in [0.2, 0.25) is 0 Å². The summed E-state index contributed by atoms with van der Waals surface area (Å²) in [6.45, 7) is 5.46. The van der Waals surface area contributed by atoms with E-state index in [1.54, 1.807) is 11.6 Å². The number of carbonyl (C=O) groups is 1. The molecule has 0 unspecified atom stereocenters. The summed E-state index contributed by atoms with van der Waals surface area (Å²) in [5.41, 5.74) is 2.56. The van der Waals surface area contributed by atoms with Gasteiger partial charge in [0, 0.05) is 11.9 Å². The second-order valence-corrected chi connectivity index (χ2v) is 5.31. The molecule has 0 amide bonds. The van der Waals surface area contributed by atoms with E-state index in [1.807, 2.05) is 25.1 Å². The smallest absolute Gasteiger partial charge is 0.308 e. The van der Waals surface area contributed by atoms with Crippen LogP contribution in [0.4, 0.5) is 0 Å². The highest BCUT2D eigenvalue weighted by atomic mass is 35.5. The van der Waals surface area contributed by atoms with E-state index in [2.05, 4.69) is 5.10 Å². The number of esters is 1. The summed E-state index contributed by atoms with van der Waals surface area (Å²) < 4.78 is 6.64. The summed E-state index contributed by atoms with van der Waals surface area (Å²) in [5.74, 6) is -0.120. The third-order valence-electron chi connectivity index (χ3n) is 2.83. The standard InChI is InChI=1S/C14H14Cl2N2O2/c1-8-4-5-11(6-12(8)15)7-18-14(16)13(9(2)17-18)20-10(3)19/h4-6H,7H2,1-3H3. The second kappa shape index (κ2) is 5.85. The molecule has 106 valence electrons. The molecule has 2 rings (SSSR count). The molecular formula is C14H14Cl2N2O2. The zero-order chi connectivity index (χ0) is 14.9. The number of nitrogens with zero attached hydrogens (tertiary/aromatic N) is 2. The molecule has 0 aliphatic rings. The lowest BCUT2D eigenvalue weighted by atomic mass is 10.1. The number of hydrogen-bond acceptors (Lipinski definition) is 3. The third kappa shape index (κ3) is 3.14. The summed E-state index contributed by atoms with van der Waals surface area (Å²) in [5, 5.41) is 5.27. The Morgan fingerprint density at radius 3 is 2.65 bits per heavy atom. The van der Waals surface area contributed by atoms with E-state index in [0.717, 1.165) is 11.1 Å². The van der Waals surface area contributed by atoms with Crippen molar-refractivity contribution in [2.24, 2.45) is 0 Å². The van der Waals surface area contributed by atoms with E-state index in [-0.39, 0.29) is 0 Å². The van der Waals surface area contributed by atoms with Gasteiger partial charge in [-0.25, -0.2) is 4.68 Å². The average molecular weight is 313 g/mol. The Hall–Kier alpha value is -1.52. The first-order valence-corrected chi connectivity index (χ1v) is 6.80. The van der Waals surface area contributed by atoms with Crippen LogP contribution in [0, 0.1) is 13.8 Å². The van der Waals surface area contributed by atoms with Gasteiger partial charge in [0.1, 0.15) is 5.69 Å². The highest BCUT2D eigenvalue weighted by Crippen LogP contribution is 2.29. The van der Waals surface area contributed by atoms with Gasteiger partial charge in [-0.15, -0.1) is 0 Å². The number of ether oxygens (including phenoxy) is 1. The molecule has 2 aromatic rings. The monoisotopic (exact) mass is 312 g/mol. The SMILES string of the molecule is CC(=O)Oc1c(C)nn(Cc2ccc(C)c(Cl)c2)c1Cl. The van der Waals surface area contributed by atoms with Crippen LogP contribution in [0.3, 0.4) is 0 Å². The normalized spacial score (nSPS) is 10.7. The highest BCUT2D eigenvalue weighted by molar-refractivity contribution is 6.31. The molecule has 0 fully saturated rings. The van der Waals surface area contributed by atoms with Crippen LogP contribution < -0.4 is 4.74 Å². The first kappa shape index (κ1) is 14.9. The summed E-state index contributed by atoms with van der Waals surface area (Å²) in [7, 11) is 0. The molecular weight excluding hydrogens is 299 g/mol. The largest absolute Gasteiger partial charge is 0.421 e. The van der Waals surface area contributed by atoms with Crippen LogP contribution in [-0.2, 0) is 11.3 Å². The maximum atomic E-state index is 11.0. The van der Waals surface area contributed by atoms with Crippen molar-refractivity contribution < 1.29 is 9.53 Å². The minimum absolute atomic E-state index is 0.300. The van der Waals surface area contributed by atoms with Crippen molar-refractivity contribution in [1.82, 2.24) is 9.78 Å². The van der Waals surface area contributed by atoms with E-state index >= 15 is 0 Å². The maximum Gasteiger partial charge on any atom is 0.308 e. The minimum atomic E-state index is -0.423. The summed E-state index contributed by atoms with van der Waals surface area (Å²) in [6, 6.07) is 5.77. The van der Waals surface area contributed by atoms with Gasteiger partial charge in [-0.1, -0.05) is 35.3 Å². The predicted octanol–water partition coefficient (Wildman–Crippen LogP) is 3.78. The van der Waals surface area contributed by atoms with Gasteiger partial charge < -0.3 is 4.74 Å². The van der Waals surface area contributed by atoms with Crippen LogP contribution in [0.1, 0.15) is 23.7 Å². The highest BCUT2D eigenvalue weighted by Gasteiger charge is 2.16. The first-order valence-electron chi connectivity index (χ1n) is 6.05. The fraction of sp³-hybridized carbons (Fsp3) is 0.286. The lowest BCUT2D eigenvalue weighted by Gasteiger charge is -2.06. The van der Waals surface area contributed by atoms with Crippen molar-refractivity contribution in [2.75, 3.05) is 0 Å². The van der Waals surface area contributed by atoms with Crippen LogP contribution in [0.15, 0.2) is 18.2 Å². The van der Waals surface area contributed by atoms with E-state index in [9.17, 15) is 4.79 Å². The van der Waals surface area contributed by atoms with Crippen molar-refractivity contribution in [3.63, 3.8) is 0 Å². The number of hydrogen-bond donors (Lipinski definition) is 0. The lowest BCUT2D eigenvalue weighted by Crippen LogP contribution is -2.03. The Kier molecular flexibility index (Phi) is 4.35. The Labute approximate surface area is 127 Å². The summed E-state index contributed by atoms with van der Waals surface area (Å²) in [4.78, 5) is 11.0. The molecule has 0 bridgehead atoms. The van der Waals surface area contributed by atoms with Gasteiger partial charge in [-0.05, 0) is 31.0 Å². The molecule has 0 saturated heterocycles. The van der Waals surface area contributed by atoms with Gasteiger partial charge in [0.25, 0.3) is 0 Å². The van der Waals surface area contributed by atoms with Crippen LogP contribution >= 0.6 is 23.2 Å². The number of benzene rings is 1. The van der Waals surface area contributed by atoms with Crippen LogP contribution in [-0.4, -0.2) is 15.7 Å². The Morgan fingerprint density at radius 2 is 2.05 bits per heavy atom. The number of aromatic nitrogens is 2. The fourth-order valence-corrected chi connectivity index (χ4v) is 2.28. The van der Waals surface area contributed by atoms with Crippen LogP contribution in [0.25, 0.3) is 0 Å². The van der Waals surface area contributed by atoms with Crippen LogP contribution in [0.5, 0.6) is 5.75 Å². The van der Waals surface area contributed by atoms with Crippen molar-refractivity contribution in [3.05, 3.63) is 45.2 Å². The van der Waals surface area contributed by atoms with E-state index < -0.39 is 5.97 Å². The molecule has 0 spiro atoms. The predicted molar refractivity (Wildman–Crippen MR) is 78.6 cm³/mol. The fourth-order valence-electron chi connectivity index (χ4n) is 1.81. The molecule has 1 aromatic carbocycles. The van der Waals surface area contributed by atoms with Gasteiger partial charge in [-0.2, -0.15) is 5.10 Å². The maximum absolute atomic E-state index is 11.0. The molecule has 1 aromatic heterocycles. The summed E-state index contributed by atoms with van der Waals surface area (Å²) in [6.07, 6.45) is 0. The topological polar surface area (TPSA) is 44.1 Å². The quantitative estimate of drug-likeness (QED) is 0.810. The number of halogens is 2. The van der Waals surface area contributed by atoms with Crippen molar-refractivity contribution in [1.29, 1.82) is 0 Å².